The largest absolute Gasteiger partial charge is 0.384 e. The maximum Gasteiger partial charge on any atom is 0.245 e. The summed E-state index contributed by atoms with van der Waals surface area (Å²) in [5, 5.41) is 17.4. The minimum Gasteiger partial charge on any atom is -0.384 e. The zero-order valence-corrected chi connectivity index (χ0v) is 20.3. The van der Waals surface area contributed by atoms with E-state index in [0.29, 0.717) is 10.7 Å². The van der Waals surface area contributed by atoms with Crippen LogP contribution >= 0.6 is 11.3 Å². The molecule has 1 amide bonds. The van der Waals surface area contributed by atoms with Crippen molar-refractivity contribution < 1.29 is 31.5 Å². The van der Waals surface area contributed by atoms with Gasteiger partial charge in [-0.15, -0.1) is 11.3 Å². The lowest BCUT2D eigenvalue weighted by molar-refractivity contribution is -0.133. The highest BCUT2D eigenvalue weighted by Crippen LogP contribution is 2.26. The smallest absolute Gasteiger partial charge is 0.245 e. The van der Waals surface area contributed by atoms with Gasteiger partial charge in [-0.3, -0.25) is 9.48 Å². The molecule has 8 nitrogen and oxygen atoms in total. The zero-order chi connectivity index (χ0) is 25.5. The van der Waals surface area contributed by atoms with E-state index < -0.39 is 44.8 Å². The van der Waals surface area contributed by atoms with Crippen LogP contribution < -0.4 is 0 Å². The van der Waals surface area contributed by atoms with Crippen molar-refractivity contribution in [1.82, 2.24) is 19.7 Å². The Balaban J connectivity index is 1.56. The molecule has 3 heterocycles. The number of thiazole rings is 1. The number of hydrogen-bond acceptors (Lipinski definition) is 7. The van der Waals surface area contributed by atoms with E-state index in [1.807, 2.05) is 0 Å². The highest BCUT2D eigenvalue weighted by Gasteiger charge is 2.31. The molecule has 0 aliphatic carbocycles. The van der Waals surface area contributed by atoms with Gasteiger partial charge in [0.25, 0.3) is 0 Å². The second-order valence-corrected chi connectivity index (χ2v) is 11.5. The Hall–Kier alpha value is -3.03. The first-order chi connectivity index (χ1) is 16.3. The average Bonchev–Trinajstić information content (AvgIpc) is 3.49. The molecule has 3 aromatic rings. The van der Waals surface area contributed by atoms with Gasteiger partial charge in [0, 0.05) is 22.5 Å². The van der Waals surface area contributed by atoms with Gasteiger partial charge in [0.05, 0.1) is 30.2 Å². The number of aromatic nitrogens is 3. The van der Waals surface area contributed by atoms with Gasteiger partial charge in [0.1, 0.15) is 17.2 Å². The number of nitrogens with zero attached hydrogens (tertiary/aromatic N) is 4. The molecule has 0 spiro atoms. The molecule has 1 atom stereocenters. The number of amides is 1. The minimum absolute atomic E-state index is 0.00656. The summed E-state index contributed by atoms with van der Waals surface area (Å²) in [7, 11) is -3.46. The summed E-state index contributed by atoms with van der Waals surface area (Å²) < 4.78 is 65.6. The van der Waals surface area contributed by atoms with E-state index in [4.69, 9.17) is 0 Å². The fourth-order valence-corrected chi connectivity index (χ4v) is 5.76. The predicted octanol–water partition coefficient (Wildman–Crippen LogP) is 2.99. The molecule has 2 aromatic heterocycles. The van der Waals surface area contributed by atoms with Crippen LogP contribution in [0.1, 0.15) is 24.5 Å². The number of carbonyl (C=O) groups excluding carboxylic acids is 1. The van der Waals surface area contributed by atoms with Crippen molar-refractivity contribution in [3.63, 3.8) is 0 Å². The maximum absolute atomic E-state index is 13.6. The van der Waals surface area contributed by atoms with E-state index in [2.05, 4.69) is 10.1 Å². The number of carbonyl (C=O) groups is 1. The molecule has 1 aliphatic rings. The number of rotatable bonds is 7. The summed E-state index contributed by atoms with van der Waals surface area (Å²) in [6, 6.07) is 0.924. The third-order valence-corrected chi connectivity index (χ3v) is 7.58. The predicted molar refractivity (Wildman–Crippen MR) is 122 cm³/mol. The van der Waals surface area contributed by atoms with Gasteiger partial charge in [-0.2, -0.15) is 5.10 Å². The highest BCUT2D eigenvalue weighted by atomic mass is 32.2. The normalized spacial score (nSPS) is 17.1. The van der Waals surface area contributed by atoms with Crippen molar-refractivity contribution in [2.45, 2.75) is 38.6 Å². The third-order valence-electron chi connectivity index (χ3n) is 5.36. The van der Waals surface area contributed by atoms with Crippen LogP contribution in [0.4, 0.5) is 13.2 Å². The molecule has 35 heavy (non-hydrogen) atoms. The summed E-state index contributed by atoms with van der Waals surface area (Å²) >= 11 is 1.23. The summed E-state index contributed by atoms with van der Waals surface area (Å²) in [4.78, 5) is 18.9. The number of sulfone groups is 1. The van der Waals surface area contributed by atoms with Crippen LogP contribution in [0.15, 0.2) is 41.4 Å². The average molecular weight is 527 g/mol. The van der Waals surface area contributed by atoms with Crippen LogP contribution in [0, 0.1) is 17.5 Å². The Morgan fingerprint density at radius 3 is 2.51 bits per heavy atom. The first-order valence-electron chi connectivity index (χ1n) is 10.4. The van der Waals surface area contributed by atoms with E-state index in [1.54, 1.807) is 19.2 Å². The molecule has 1 aromatic carbocycles. The van der Waals surface area contributed by atoms with Crippen molar-refractivity contribution >= 4 is 27.1 Å². The Bertz CT molecular complexity index is 1390. The van der Waals surface area contributed by atoms with Crippen molar-refractivity contribution in [1.29, 1.82) is 0 Å². The number of benzene rings is 1. The Labute approximate surface area is 203 Å². The molecule has 0 fully saturated rings. The van der Waals surface area contributed by atoms with Crippen molar-refractivity contribution in [2.75, 3.05) is 5.75 Å². The minimum atomic E-state index is -3.46. The summed E-state index contributed by atoms with van der Waals surface area (Å²) in [5.74, 6) is -5.03. The topological polar surface area (TPSA) is 105 Å². The monoisotopic (exact) mass is 526 g/mol. The van der Waals surface area contributed by atoms with Gasteiger partial charge in [0.15, 0.2) is 27.3 Å². The van der Waals surface area contributed by atoms with Gasteiger partial charge in [-0.25, -0.2) is 26.6 Å². The van der Waals surface area contributed by atoms with Crippen LogP contribution in [0.3, 0.4) is 0 Å². The van der Waals surface area contributed by atoms with Gasteiger partial charge in [-0.05, 0) is 37.6 Å². The molecule has 4 rings (SSSR count). The molecule has 1 N–H and O–H groups in total. The van der Waals surface area contributed by atoms with Gasteiger partial charge in [0.2, 0.25) is 5.91 Å². The first kappa shape index (κ1) is 25.1. The third kappa shape index (κ3) is 5.63. The molecule has 1 unspecified atom stereocenters. The number of hydrogen-bond donors (Lipinski definition) is 1. The molecular formula is C22H21F3N4O4S2. The lowest BCUT2D eigenvalue weighted by Crippen LogP contribution is -2.42. The van der Waals surface area contributed by atoms with E-state index >= 15 is 0 Å². The SMILES string of the molecule is CC(C)(O)c1csc(CN(C(=O)Cn2cc(-c3cc(F)c(F)c(F)c3)cn2)C2C=CS(=O)(=O)C2)n1. The molecule has 0 saturated heterocycles. The fraction of sp³-hybridized carbons (Fsp3) is 0.318. The van der Waals surface area contributed by atoms with E-state index in [9.17, 15) is 31.5 Å². The molecule has 13 heteroatoms. The quantitative estimate of drug-likeness (QED) is 0.475. The van der Waals surface area contributed by atoms with Crippen molar-refractivity contribution in [2.24, 2.45) is 0 Å². The van der Waals surface area contributed by atoms with E-state index in [0.717, 1.165) is 17.5 Å². The van der Waals surface area contributed by atoms with Gasteiger partial charge < -0.3 is 10.0 Å². The summed E-state index contributed by atoms with van der Waals surface area (Å²) in [6.07, 6.45) is 4.08. The standard InChI is InChI=1S/C22H21F3N4O4S2/c1-22(2,31)18-11-34-19(27-18)9-29(15-3-4-35(32,33)12-15)20(30)10-28-8-14(7-26-28)13-5-16(23)21(25)17(24)6-13/h3-8,11,15,31H,9-10,12H2,1-2H3. The highest BCUT2D eigenvalue weighted by molar-refractivity contribution is 7.94. The molecule has 0 bridgehead atoms. The lowest BCUT2D eigenvalue weighted by Gasteiger charge is -2.26. The van der Waals surface area contributed by atoms with E-state index in [1.165, 1.54) is 39.4 Å². The van der Waals surface area contributed by atoms with Gasteiger partial charge in [-0.1, -0.05) is 0 Å². The van der Waals surface area contributed by atoms with Crippen molar-refractivity contribution in [3.8, 4) is 11.1 Å². The van der Waals surface area contributed by atoms with Crippen molar-refractivity contribution in [3.05, 3.63) is 69.5 Å². The first-order valence-corrected chi connectivity index (χ1v) is 13.0. The Morgan fingerprint density at radius 2 is 1.94 bits per heavy atom. The van der Waals surface area contributed by atoms with Crippen LogP contribution in [0.25, 0.3) is 11.1 Å². The molecule has 1 aliphatic heterocycles. The molecule has 186 valence electrons. The number of aliphatic hydroxyl groups is 1. The summed E-state index contributed by atoms with van der Waals surface area (Å²) in [5.41, 5.74) is -0.441. The fourth-order valence-electron chi connectivity index (χ4n) is 3.50. The van der Waals surface area contributed by atoms with Crippen LogP contribution in [0.2, 0.25) is 0 Å². The maximum atomic E-state index is 13.6. The van der Waals surface area contributed by atoms with Crippen LogP contribution in [0.5, 0.6) is 0 Å². The second kappa shape index (κ2) is 9.21. The van der Waals surface area contributed by atoms with Crippen LogP contribution in [-0.2, 0) is 33.3 Å². The Kier molecular flexibility index (Phi) is 6.60. The second-order valence-electron chi connectivity index (χ2n) is 8.61. The van der Waals surface area contributed by atoms with Crippen LogP contribution in [-0.4, -0.2) is 50.9 Å². The zero-order valence-electron chi connectivity index (χ0n) is 18.7. The Morgan fingerprint density at radius 1 is 1.26 bits per heavy atom. The lowest BCUT2D eigenvalue weighted by atomic mass is 10.1. The van der Waals surface area contributed by atoms with Gasteiger partial charge >= 0.3 is 0 Å². The van der Waals surface area contributed by atoms with E-state index in [-0.39, 0.29) is 30.0 Å². The molecule has 0 saturated carbocycles. The molecule has 0 radical (unpaired) electrons. The summed E-state index contributed by atoms with van der Waals surface area (Å²) in [6.45, 7) is 2.87. The number of halogens is 3. The molecular weight excluding hydrogens is 505 g/mol.